The summed E-state index contributed by atoms with van der Waals surface area (Å²) in [6.07, 6.45) is 0.864. The highest BCUT2D eigenvalue weighted by Gasteiger charge is 2.07. The van der Waals surface area contributed by atoms with Crippen molar-refractivity contribution in [2.45, 2.75) is 26.4 Å². The van der Waals surface area contributed by atoms with Gasteiger partial charge in [-0.05, 0) is 37.1 Å². The van der Waals surface area contributed by atoms with Gasteiger partial charge in [0.25, 0.3) is 0 Å². The minimum atomic E-state index is -0.0214. The maximum absolute atomic E-state index is 9.43. The molecule has 1 unspecified atom stereocenters. The van der Waals surface area contributed by atoms with Gasteiger partial charge in [-0.25, -0.2) is 0 Å². The number of aliphatic hydroxyl groups excluding tert-OH is 1. The number of ether oxygens (including phenoxy) is 2. The molecule has 0 amide bonds. The van der Waals surface area contributed by atoms with Gasteiger partial charge in [-0.1, -0.05) is 13.5 Å². The van der Waals surface area contributed by atoms with Gasteiger partial charge in [0.05, 0.1) is 6.61 Å². The van der Waals surface area contributed by atoms with Crippen LogP contribution >= 0.6 is 0 Å². The Kier molecular flexibility index (Phi) is 5.04. The zero-order valence-corrected chi connectivity index (χ0v) is 10.7. The van der Waals surface area contributed by atoms with Gasteiger partial charge >= 0.3 is 0 Å². The van der Waals surface area contributed by atoms with Crippen molar-refractivity contribution in [1.29, 1.82) is 0 Å². The first-order valence-corrected chi connectivity index (χ1v) is 5.74. The molecule has 1 N–H and O–H groups in total. The van der Waals surface area contributed by atoms with Crippen molar-refractivity contribution >= 4 is 5.76 Å². The van der Waals surface area contributed by atoms with E-state index in [1.807, 2.05) is 19.1 Å². The molecule has 0 aliphatic carbocycles. The molecular formula is C14H20O3. The number of rotatable bonds is 6. The summed E-state index contributed by atoms with van der Waals surface area (Å²) in [7, 11) is 1.64. The molecule has 0 saturated carbocycles. The quantitative estimate of drug-likeness (QED) is 0.771. The Hall–Kier alpha value is -1.48. The maximum Gasteiger partial charge on any atom is 0.120 e. The standard InChI is InChI=1S/C14H20O3/c1-5-12-6-13(11(3)15)8-14(7-12)17-10(2)9-16-4/h6-8,10,15H,3,5,9H2,1-2,4H3. The lowest BCUT2D eigenvalue weighted by Gasteiger charge is -2.15. The molecule has 0 heterocycles. The summed E-state index contributed by atoms with van der Waals surface area (Å²) in [6, 6.07) is 5.67. The van der Waals surface area contributed by atoms with E-state index in [1.165, 1.54) is 0 Å². The van der Waals surface area contributed by atoms with E-state index in [9.17, 15) is 5.11 Å². The van der Waals surface area contributed by atoms with Crippen LogP contribution in [0.15, 0.2) is 24.8 Å². The summed E-state index contributed by atoms with van der Waals surface area (Å²) >= 11 is 0. The van der Waals surface area contributed by atoms with Crippen LogP contribution in [0.25, 0.3) is 5.76 Å². The molecule has 1 atom stereocenters. The summed E-state index contributed by atoms with van der Waals surface area (Å²) < 4.78 is 10.7. The second-order valence-electron chi connectivity index (χ2n) is 4.05. The van der Waals surface area contributed by atoms with Gasteiger partial charge in [-0.15, -0.1) is 0 Å². The molecule has 1 aromatic carbocycles. The van der Waals surface area contributed by atoms with Crippen molar-refractivity contribution in [1.82, 2.24) is 0 Å². The van der Waals surface area contributed by atoms with Crippen molar-refractivity contribution in [3.8, 4) is 5.75 Å². The molecule has 1 aromatic rings. The fourth-order valence-electron chi connectivity index (χ4n) is 1.60. The molecule has 94 valence electrons. The van der Waals surface area contributed by atoms with E-state index >= 15 is 0 Å². The number of hydrogen-bond acceptors (Lipinski definition) is 3. The van der Waals surface area contributed by atoms with E-state index in [-0.39, 0.29) is 11.9 Å². The van der Waals surface area contributed by atoms with Crippen LogP contribution < -0.4 is 4.74 Å². The fraction of sp³-hybridized carbons (Fsp3) is 0.429. The van der Waals surface area contributed by atoms with Crippen molar-refractivity contribution < 1.29 is 14.6 Å². The lowest BCUT2D eigenvalue weighted by Crippen LogP contribution is -2.18. The SMILES string of the molecule is C=C(O)c1cc(CC)cc(OC(C)COC)c1. The molecule has 1 rings (SSSR count). The van der Waals surface area contributed by atoms with E-state index in [1.54, 1.807) is 13.2 Å². The van der Waals surface area contributed by atoms with Crippen LogP contribution in [0.3, 0.4) is 0 Å². The van der Waals surface area contributed by atoms with Crippen LogP contribution in [0.1, 0.15) is 25.0 Å². The summed E-state index contributed by atoms with van der Waals surface area (Å²) in [4.78, 5) is 0. The van der Waals surface area contributed by atoms with Gasteiger partial charge in [0.2, 0.25) is 0 Å². The van der Waals surface area contributed by atoms with E-state index in [0.29, 0.717) is 12.2 Å². The Morgan fingerprint density at radius 2 is 2.12 bits per heavy atom. The van der Waals surface area contributed by atoms with Crippen molar-refractivity contribution in [3.05, 3.63) is 35.9 Å². The van der Waals surface area contributed by atoms with Crippen molar-refractivity contribution in [2.75, 3.05) is 13.7 Å². The van der Waals surface area contributed by atoms with Gasteiger partial charge in [-0.3, -0.25) is 0 Å². The molecule has 17 heavy (non-hydrogen) atoms. The number of methoxy groups -OCH3 is 1. The monoisotopic (exact) mass is 236 g/mol. The Morgan fingerprint density at radius 1 is 1.41 bits per heavy atom. The highest BCUT2D eigenvalue weighted by Crippen LogP contribution is 2.22. The van der Waals surface area contributed by atoms with Gasteiger partial charge in [-0.2, -0.15) is 0 Å². The van der Waals surface area contributed by atoms with Crippen LogP contribution in [0.5, 0.6) is 5.75 Å². The third kappa shape index (κ3) is 4.11. The third-order valence-electron chi connectivity index (χ3n) is 2.45. The first-order valence-electron chi connectivity index (χ1n) is 5.74. The predicted octanol–water partition coefficient (Wildman–Crippen LogP) is 3.19. The molecule has 0 bridgehead atoms. The molecule has 0 saturated heterocycles. The van der Waals surface area contributed by atoms with Crippen LogP contribution in [-0.2, 0) is 11.2 Å². The minimum absolute atomic E-state index is 0.0214. The van der Waals surface area contributed by atoms with Crippen molar-refractivity contribution in [3.63, 3.8) is 0 Å². The second-order valence-corrected chi connectivity index (χ2v) is 4.05. The molecule has 0 aliphatic heterocycles. The molecule has 0 aromatic heterocycles. The lowest BCUT2D eigenvalue weighted by atomic mass is 10.1. The smallest absolute Gasteiger partial charge is 0.120 e. The fourth-order valence-corrected chi connectivity index (χ4v) is 1.60. The Balaban J connectivity index is 2.90. The molecule has 0 aliphatic rings. The molecule has 0 fully saturated rings. The lowest BCUT2D eigenvalue weighted by molar-refractivity contribution is 0.0920. The van der Waals surface area contributed by atoms with Crippen LogP contribution in [0.2, 0.25) is 0 Å². The molecule has 3 nitrogen and oxygen atoms in total. The molecular weight excluding hydrogens is 216 g/mol. The Bertz CT molecular complexity index is 385. The minimum Gasteiger partial charge on any atom is -0.508 e. The Labute approximate surface area is 103 Å². The van der Waals surface area contributed by atoms with E-state index < -0.39 is 0 Å². The van der Waals surface area contributed by atoms with Crippen molar-refractivity contribution in [2.24, 2.45) is 0 Å². The topological polar surface area (TPSA) is 38.7 Å². The summed E-state index contributed by atoms with van der Waals surface area (Å²) in [5, 5.41) is 9.43. The van der Waals surface area contributed by atoms with E-state index in [0.717, 1.165) is 17.7 Å². The third-order valence-corrected chi connectivity index (χ3v) is 2.45. The first kappa shape index (κ1) is 13.6. The van der Waals surface area contributed by atoms with E-state index in [2.05, 4.69) is 13.5 Å². The highest BCUT2D eigenvalue weighted by atomic mass is 16.5. The average molecular weight is 236 g/mol. The van der Waals surface area contributed by atoms with Crippen LogP contribution in [0.4, 0.5) is 0 Å². The number of aryl methyl sites for hydroxylation is 1. The predicted molar refractivity (Wildman–Crippen MR) is 69.4 cm³/mol. The molecule has 0 spiro atoms. The number of benzene rings is 1. The summed E-state index contributed by atoms with van der Waals surface area (Å²) in [5.41, 5.74) is 1.81. The largest absolute Gasteiger partial charge is 0.508 e. The molecule has 3 heteroatoms. The Morgan fingerprint density at radius 3 is 2.65 bits per heavy atom. The zero-order valence-electron chi connectivity index (χ0n) is 10.7. The van der Waals surface area contributed by atoms with Gasteiger partial charge in [0, 0.05) is 12.7 Å². The van der Waals surface area contributed by atoms with Crippen LogP contribution in [-0.4, -0.2) is 24.9 Å². The summed E-state index contributed by atoms with van der Waals surface area (Å²) in [5.74, 6) is 0.795. The average Bonchev–Trinajstić information content (AvgIpc) is 2.28. The number of hydrogen-bond donors (Lipinski definition) is 1. The summed E-state index contributed by atoms with van der Waals surface area (Å²) in [6.45, 7) is 8.06. The molecule has 0 radical (unpaired) electrons. The maximum atomic E-state index is 9.43. The number of aliphatic hydroxyl groups is 1. The van der Waals surface area contributed by atoms with Gasteiger partial charge < -0.3 is 14.6 Å². The van der Waals surface area contributed by atoms with Crippen LogP contribution in [0, 0.1) is 0 Å². The second kappa shape index (κ2) is 6.30. The first-order chi connectivity index (χ1) is 8.06. The zero-order chi connectivity index (χ0) is 12.8. The normalized spacial score (nSPS) is 12.2. The van der Waals surface area contributed by atoms with Gasteiger partial charge in [0.15, 0.2) is 0 Å². The highest BCUT2D eigenvalue weighted by molar-refractivity contribution is 5.59. The van der Waals surface area contributed by atoms with E-state index in [4.69, 9.17) is 9.47 Å². The van der Waals surface area contributed by atoms with Gasteiger partial charge in [0.1, 0.15) is 17.6 Å².